The van der Waals surface area contributed by atoms with Crippen LogP contribution in [0.4, 0.5) is 11.4 Å². The van der Waals surface area contributed by atoms with Crippen molar-refractivity contribution in [2.24, 2.45) is 5.92 Å². The number of anilines is 2. The van der Waals surface area contributed by atoms with Gasteiger partial charge < -0.3 is 10.1 Å². The SMILES string of the molecule is COc1ccc(Br)cc1C1Nc2ccc(S(=O)(=O)Nc3cccc(C)c3)cc2C2C=CCC21. The van der Waals surface area contributed by atoms with Gasteiger partial charge in [-0.2, -0.15) is 0 Å². The maximum Gasteiger partial charge on any atom is 0.261 e. The van der Waals surface area contributed by atoms with Crippen molar-refractivity contribution < 1.29 is 13.2 Å². The third-order valence-corrected chi connectivity index (χ3v) is 8.31. The van der Waals surface area contributed by atoms with E-state index in [1.807, 2.05) is 49.4 Å². The second kappa shape index (κ2) is 8.54. The van der Waals surface area contributed by atoms with Crippen molar-refractivity contribution in [3.05, 3.63) is 94.0 Å². The molecular formula is C26H25BrN2O3S. The molecule has 3 aromatic carbocycles. The first kappa shape index (κ1) is 22.0. The van der Waals surface area contributed by atoms with Gasteiger partial charge in [0.2, 0.25) is 0 Å². The van der Waals surface area contributed by atoms with Crippen LogP contribution in [0.25, 0.3) is 0 Å². The standard InChI is InChI=1S/C26H25BrN2O3S/c1-16-5-3-6-18(13-16)29-33(30,31)19-10-11-24-22(15-19)20-7-4-8-21(20)26(28-24)23-14-17(27)9-12-25(23)32-2/h3-7,9-15,20-21,26,28-29H,8H2,1-2H3. The Hall–Kier alpha value is -2.77. The molecule has 0 saturated heterocycles. The molecule has 1 heterocycles. The number of sulfonamides is 1. The largest absolute Gasteiger partial charge is 0.496 e. The minimum atomic E-state index is -3.70. The summed E-state index contributed by atoms with van der Waals surface area (Å²) in [5.41, 5.74) is 4.61. The summed E-state index contributed by atoms with van der Waals surface area (Å²) in [6.45, 7) is 1.94. The maximum atomic E-state index is 13.1. The highest BCUT2D eigenvalue weighted by molar-refractivity contribution is 9.10. The molecule has 1 aliphatic carbocycles. The zero-order chi connectivity index (χ0) is 23.2. The van der Waals surface area contributed by atoms with Crippen LogP contribution in [0, 0.1) is 12.8 Å². The Morgan fingerprint density at radius 3 is 2.70 bits per heavy atom. The minimum Gasteiger partial charge on any atom is -0.496 e. The monoisotopic (exact) mass is 524 g/mol. The topological polar surface area (TPSA) is 67.4 Å². The summed E-state index contributed by atoms with van der Waals surface area (Å²) in [6.07, 6.45) is 5.30. The highest BCUT2D eigenvalue weighted by atomic mass is 79.9. The van der Waals surface area contributed by atoms with Crippen LogP contribution in [0.1, 0.15) is 35.1 Å². The van der Waals surface area contributed by atoms with Crippen molar-refractivity contribution in [1.29, 1.82) is 0 Å². The zero-order valence-electron chi connectivity index (χ0n) is 18.4. The van der Waals surface area contributed by atoms with Crippen LogP contribution in [0.3, 0.4) is 0 Å². The number of hydrogen-bond acceptors (Lipinski definition) is 4. The molecule has 33 heavy (non-hydrogen) atoms. The van der Waals surface area contributed by atoms with Gasteiger partial charge in [0.1, 0.15) is 5.75 Å². The van der Waals surface area contributed by atoms with Gasteiger partial charge in [-0.3, -0.25) is 4.72 Å². The van der Waals surface area contributed by atoms with Crippen LogP contribution in [0.5, 0.6) is 5.75 Å². The van der Waals surface area contributed by atoms with Gasteiger partial charge in [-0.25, -0.2) is 8.42 Å². The van der Waals surface area contributed by atoms with E-state index in [2.05, 4.69) is 44.2 Å². The predicted molar refractivity (Wildman–Crippen MR) is 135 cm³/mol. The molecule has 0 radical (unpaired) electrons. The van der Waals surface area contributed by atoms with E-state index in [1.54, 1.807) is 19.2 Å². The average molecular weight is 525 g/mol. The lowest BCUT2D eigenvalue weighted by atomic mass is 9.77. The molecule has 2 N–H and O–H groups in total. The Morgan fingerprint density at radius 1 is 1.06 bits per heavy atom. The number of nitrogens with one attached hydrogen (secondary N) is 2. The minimum absolute atomic E-state index is 0.0535. The number of rotatable bonds is 5. The lowest BCUT2D eigenvalue weighted by Gasteiger charge is -2.38. The van der Waals surface area contributed by atoms with E-state index in [0.717, 1.165) is 39.0 Å². The molecule has 3 unspecified atom stereocenters. The summed E-state index contributed by atoms with van der Waals surface area (Å²) in [5, 5.41) is 3.67. The molecule has 0 saturated carbocycles. The molecule has 0 aromatic heterocycles. The Morgan fingerprint density at radius 2 is 1.91 bits per heavy atom. The van der Waals surface area contributed by atoms with E-state index in [-0.39, 0.29) is 22.8 Å². The van der Waals surface area contributed by atoms with Crippen LogP contribution in [-0.2, 0) is 10.0 Å². The fourth-order valence-corrected chi connectivity index (χ4v) is 6.38. The molecule has 2 aliphatic rings. The van der Waals surface area contributed by atoms with E-state index < -0.39 is 10.0 Å². The number of methoxy groups -OCH3 is 1. The Kier molecular flexibility index (Phi) is 5.70. The van der Waals surface area contributed by atoms with Gasteiger partial charge >= 0.3 is 0 Å². The van der Waals surface area contributed by atoms with Gasteiger partial charge in [-0.15, -0.1) is 0 Å². The molecular weight excluding hydrogens is 500 g/mol. The predicted octanol–water partition coefficient (Wildman–Crippen LogP) is 6.39. The number of aryl methyl sites for hydroxylation is 1. The van der Waals surface area contributed by atoms with Crippen molar-refractivity contribution >= 4 is 37.3 Å². The van der Waals surface area contributed by atoms with Crippen LogP contribution in [0.15, 0.2) is 82.2 Å². The van der Waals surface area contributed by atoms with E-state index in [4.69, 9.17) is 4.74 Å². The second-order valence-corrected chi connectivity index (χ2v) is 11.2. The van der Waals surface area contributed by atoms with Crippen molar-refractivity contribution in [3.63, 3.8) is 0 Å². The second-order valence-electron chi connectivity index (χ2n) is 8.59. The third-order valence-electron chi connectivity index (χ3n) is 6.44. The third kappa shape index (κ3) is 4.15. The van der Waals surface area contributed by atoms with Crippen molar-refractivity contribution in [2.45, 2.75) is 30.2 Å². The molecule has 5 nitrogen and oxygen atoms in total. The molecule has 0 fully saturated rings. The number of halogens is 1. The first-order valence-electron chi connectivity index (χ1n) is 10.9. The summed E-state index contributed by atoms with van der Waals surface area (Å²) in [5.74, 6) is 1.23. The van der Waals surface area contributed by atoms with Gasteiger partial charge in [0.25, 0.3) is 10.0 Å². The van der Waals surface area contributed by atoms with Gasteiger partial charge in [-0.05, 0) is 78.9 Å². The quantitative estimate of drug-likeness (QED) is 0.379. The Bertz CT molecular complexity index is 1350. The number of benzene rings is 3. The van der Waals surface area contributed by atoms with Crippen LogP contribution in [-0.4, -0.2) is 15.5 Å². The van der Waals surface area contributed by atoms with E-state index in [1.165, 1.54) is 0 Å². The maximum absolute atomic E-state index is 13.1. The highest BCUT2D eigenvalue weighted by Gasteiger charge is 2.39. The fraction of sp³-hybridized carbons (Fsp3) is 0.231. The molecule has 3 aromatic rings. The number of ether oxygens (including phenoxy) is 1. The first-order chi connectivity index (χ1) is 15.9. The summed E-state index contributed by atoms with van der Waals surface area (Å²) < 4.78 is 35.6. The normalized spacial score (nSPS) is 21.1. The molecule has 0 bridgehead atoms. The van der Waals surface area contributed by atoms with Crippen molar-refractivity contribution in [2.75, 3.05) is 17.1 Å². The fourth-order valence-electron chi connectivity index (χ4n) is 4.92. The smallest absolute Gasteiger partial charge is 0.261 e. The summed E-state index contributed by atoms with van der Waals surface area (Å²) >= 11 is 3.59. The Labute approximate surface area is 203 Å². The molecule has 3 atom stereocenters. The zero-order valence-corrected chi connectivity index (χ0v) is 20.8. The van der Waals surface area contributed by atoms with Gasteiger partial charge in [-0.1, -0.05) is 40.2 Å². The molecule has 5 rings (SSSR count). The van der Waals surface area contributed by atoms with Crippen LogP contribution < -0.4 is 14.8 Å². The van der Waals surface area contributed by atoms with E-state index >= 15 is 0 Å². The van der Waals surface area contributed by atoms with Gasteiger partial charge in [0, 0.05) is 27.3 Å². The van der Waals surface area contributed by atoms with Crippen molar-refractivity contribution in [3.8, 4) is 5.75 Å². The molecule has 0 spiro atoms. The van der Waals surface area contributed by atoms with Crippen LogP contribution >= 0.6 is 15.9 Å². The van der Waals surface area contributed by atoms with Crippen molar-refractivity contribution in [1.82, 2.24) is 0 Å². The van der Waals surface area contributed by atoms with Crippen LogP contribution in [0.2, 0.25) is 0 Å². The lowest BCUT2D eigenvalue weighted by Crippen LogP contribution is -2.29. The van der Waals surface area contributed by atoms with Gasteiger partial charge in [0.15, 0.2) is 0 Å². The molecule has 170 valence electrons. The lowest BCUT2D eigenvalue weighted by molar-refractivity contribution is 0.381. The summed E-state index contributed by atoms with van der Waals surface area (Å²) in [7, 11) is -2.02. The number of allylic oxidation sites excluding steroid dienone is 2. The van der Waals surface area contributed by atoms with Gasteiger partial charge in [0.05, 0.1) is 18.0 Å². The molecule has 7 heteroatoms. The highest BCUT2D eigenvalue weighted by Crippen LogP contribution is 2.51. The summed E-state index contributed by atoms with van der Waals surface area (Å²) in [6, 6.07) is 18.8. The van der Waals surface area contributed by atoms with E-state index in [9.17, 15) is 8.42 Å². The van der Waals surface area contributed by atoms with E-state index in [0.29, 0.717) is 5.69 Å². The Balaban J connectivity index is 1.51. The average Bonchev–Trinajstić information content (AvgIpc) is 3.28. The number of hydrogen-bond donors (Lipinski definition) is 2. The molecule has 0 amide bonds. The first-order valence-corrected chi connectivity index (χ1v) is 13.1. The molecule has 1 aliphatic heterocycles. The summed E-state index contributed by atoms with van der Waals surface area (Å²) in [4.78, 5) is 0.266. The number of fused-ring (bicyclic) bond motifs is 3.